The number of sulfonamides is 1. The number of rotatable bonds is 5. The first kappa shape index (κ1) is 15.3. The lowest BCUT2D eigenvalue weighted by atomic mass is 10.2. The lowest BCUT2D eigenvalue weighted by Crippen LogP contribution is -2.24. The summed E-state index contributed by atoms with van der Waals surface area (Å²) in [5.41, 5.74) is 1.28. The molecule has 0 heterocycles. The Balaban J connectivity index is 2.03. The zero-order chi connectivity index (χ0) is 15.5. The van der Waals surface area contributed by atoms with Crippen molar-refractivity contribution >= 4 is 15.7 Å². The molecule has 0 aromatic heterocycles. The van der Waals surface area contributed by atoms with Crippen LogP contribution in [0.25, 0.3) is 0 Å². The van der Waals surface area contributed by atoms with E-state index < -0.39 is 10.0 Å². The second kappa shape index (κ2) is 6.13. The Bertz CT molecular complexity index is 714. The first-order chi connectivity index (χ1) is 9.86. The zero-order valence-corrected chi connectivity index (χ0v) is 12.6. The van der Waals surface area contributed by atoms with Crippen molar-refractivity contribution in [1.82, 2.24) is 0 Å². The fraction of sp³-hybridized carbons (Fsp3) is 0.200. The van der Waals surface area contributed by atoms with Crippen molar-refractivity contribution in [2.24, 2.45) is 0 Å². The number of anilines is 1. The summed E-state index contributed by atoms with van der Waals surface area (Å²) in [5, 5.41) is 0. The summed E-state index contributed by atoms with van der Waals surface area (Å²) in [4.78, 5) is 0. The first-order valence-corrected chi connectivity index (χ1v) is 8.12. The summed E-state index contributed by atoms with van der Waals surface area (Å²) in [6.45, 7) is 0.249. The standard InChI is InChI=1S/C15H16FNO3S/c1-17(21(2,18)19)14-6-8-15(9-7-14)20-11-12-4-3-5-13(16)10-12/h3-10H,11H2,1-2H3. The molecule has 112 valence electrons. The summed E-state index contributed by atoms with van der Waals surface area (Å²) >= 11 is 0. The highest BCUT2D eigenvalue weighted by molar-refractivity contribution is 7.92. The SMILES string of the molecule is CN(c1ccc(OCc2cccc(F)c2)cc1)S(C)(=O)=O. The molecule has 2 aromatic rings. The van der Waals surface area contributed by atoms with E-state index in [1.54, 1.807) is 36.4 Å². The van der Waals surface area contributed by atoms with Crippen molar-refractivity contribution in [3.63, 3.8) is 0 Å². The van der Waals surface area contributed by atoms with Gasteiger partial charge < -0.3 is 4.74 Å². The van der Waals surface area contributed by atoms with E-state index in [0.29, 0.717) is 11.4 Å². The van der Waals surface area contributed by atoms with Gasteiger partial charge in [-0.3, -0.25) is 4.31 Å². The van der Waals surface area contributed by atoms with Crippen molar-refractivity contribution in [2.45, 2.75) is 6.61 Å². The van der Waals surface area contributed by atoms with E-state index in [-0.39, 0.29) is 12.4 Å². The van der Waals surface area contributed by atoms with E-state index in [0.717, 1.165) is 11.8 Å². The molecule has 0 atom stereocenters. The van der Waals surface area contributed by atoms with Crippen molar-refractivity contribution in [3.05, 3.63) is 59.9 Å². The molecule has 21 heavy (non-hydrogen) atoms. The van der Waals surface area contributed by atoms with Gasteiger partial charge in [0.15, 0.2) is 0 Å². The van der Waals surface area contributed by atoms with Gasteiger partial charge in [0.25, 0.3) is 0 Å². The van der Waals surface area contributed by atoms with Gasteiger partial charge in [0.05, 0.1) is 11.9 Å². The summed E-state index contributed by atoms with van der Waals surface area (Å²) in [5.74, 6) is 0.283. The lowest BCUT2D eigenvalue weighted by molar-refractivity contribution is 0.305. The minimum absolute atomic E-state index is 0.249. The summed E-state index contributed by atoms with van der Waals surface area (Å²) in [6, 6.07) is 12.8. The molecule has 0 aliphatic heterocycles. The van der Waals surface area contributed by atoms with Crippen LogP contribution in [-0.4, -0.2) is 21.7 Å². The third kappa shape index (κ3) is 4.19. The van der Waals surface area contributed by atoms with Gasteiger partial charge in [-0.1, -0.05) is 12.1 Å². The van der Waals surface area contributed by atoms with Gasteiger partial charge in [-0.15, -0.1) is 0 Å². The monoisotopic (exact) mass is 309 g/mol. The van der Waals surface area contributed by atoms with Gasteiger partial charge in [0.2, 0.25) is 10.0 Å². The molecule has 0 bridgehead atoms. The fourth-order valence-electron chi connectivity index (χ4n) is 1.74. The molecule has 0 amide bonds. The molecule has 2 rings (SSSR count). The van der Waals surface area contributed by atoms with Crippen LogP contribution in [0, 0.1) is 5.82 Å². The summed E-state index contributed by atoms with van der Waals surface area (Å²) < 4.78 is 42.6. The van der Waals surface area contributed by atoms with Crippen LogP contribution in [0.1, 0.15) is 5.56 Å². The van der Waals surface area contributed by atoms with E-state index in [2.05, 4.69) is 0 Å². The van der Waals surface area contributed by atoms with Crippen LogP contribution in [0.3, 0.4) is 0 Å². The predicted molar refractivity (Wildman–Crippen MR) is 80.4 cm³/mol. The minimum atomic E-state index is -3.28. The van der Waals surface area contributed by atoms with E-state index in [1.165, 1.54) is 23.5 Å². The highest BCUT2D eigenvalue weighted by atomic mass is 32.2. The largest absolute Gasteiger partial charge is 0.489 e. The maximum atomic E-state index is 13.0. The van der Waals surface area contributed by atoms with Crippen LogP contribution in [0.2, 0.25) is 0 Å². The smallest absolute Gasteiger partial charge is 0.231 e. The average molecular weight is 309 g/mol. The Morgan fingerprint density at radius 2 is 1.81 bits per heavy atom. The molecule has 4 nitrogen and oxygen atoms in total. The molecule has 0 unspecified atom stereocenters. The van der Waals surface area contributed by atoms with E-state index in [9.17, 15) is 12.8 Å². The summed E-state index contributed by atoms with van der Waals surface area (Å²) in [7, 11) is -1.79. The molecule has 6 heteroatoms. The Kier molecular flexibility index (Phi) is 4.47. The van der Waals surface area contributed by atoms with E-state index >= 15 is 0 Å². The molecule has 0 aliphatic carbocycles. The normalized spacial score (nSPS) is 11.2. The van der Waals surface area contributed by atoms with Crippen LogP contribution in [0.5, 0.6) is 5.75 Å². The van der Waals surface area contributed by atoms with Crippen LogP contribution in [0.4, 0.5) is 10.1 Å². The number of halogens is 1. The first-order valence-electron chi connectivity index (χ1n) is 6.27. The number of nitrogens with zero attached hydrogens (tertiary/aromatic N) is 1. The Hall–Kier alpha value is -2.08. The minimum Gasteiger partial charge on any atom is -0.489 e. The van der Waals surface area contributed by atoms with E-state index in [1.807, 2.05) is 0 Å². The molecule has 0 fully saturated rings. The molecule has 0 saturated heterocycles. The van der Waals surface area contributed by atoms with Crippen LogP contribution < -0.4 is 9.04 Å². The molecular weight excluding hydrogens is 293 g/mol. The lowest BCUT2D eigenvalue weighted by Gasteiger charge is -2.16. The quantitative estimate of drug-likeness (QED) is 0.853. The fourth-order valence-corrected chi connectivity index (χ4v) is 2.24. The number of ether oxygens (including phenoxy) is 1. The van der Waals surface area contributed by atoms with Gasteiger partial charge >= 0.3 is 0 Å². The second-order valence-electron chi connectivity index (χ2n) is 4.64. The van der Waals surface area contributed by atoms with Crippen molar-refractivity contribution in [2.75, 3.05) is 17.6 Å². The second-order valence-corrected chi connectivity index (χ2v) is 6.66. The van der Waals surface area contributed by atoms with Crippen LogP contribution in [0.15, 0.2) is 48.5 Å². The Morgan fingerprint density at radius 1 is 1.14 bits per heavy atom. The zero-order valence-electron chi connectivity index (χ0n) is 11.8. The van der Waals surface area contributed by atoms with Crippen molar-refractivity contribution < 1.29 is 17.5 Å². The maximum absolute atomic E-state index is 13.0. The van der Waals surface area contributed by atoms with Gasteiger partial charge in [-0.25, -0.2) is 12.8 Å². The van der Waals surface area contributed by atoms with Crippen LogP contribution in [-0.2, 0) is 16.6 Å². The van der Waals surface area contributed by atoms with Gasteiger partial charge in [-0.2, -0.15) is 0 Å². The molecule has 2 aromatic carbocycles. The molecule has 0 N–H and O–H groups in total. The molecule has 0 spiro atoms. The third-order valence-electron chi connectivity index (χ3n) is 2.99. The summed E-state index contributed by atoms with van der Waals surface area (Å²) in [6.07, 6.45) is 1.14. The molecule has 0 saturated carbocycles. The molecule has 0 radical (unpaired) electrons. The van der Waals surface area contributed by atoms with Crippen molar-refractivity contribution in [3.8, 4) is 5.75 Å². The predicted octanol–water partition coefficient (Wildman–Crippen LogP) is 2.80. The highest BCUT2D eigenvalue weighted by Crippen LogP contribution is 2.21. The Labute approximate surface area is 123 Å². The van der Waals surface area contributed by atoms with E-state index in [4.69, 9.17) is 4.74 Å². The van der Waals surface area contributed by atoms with Gasteiger partial charge in [0, 0.05) is 7.05 Å². The van der Waals surface area contributed by atoms with Gasteiger partial charge in [-0.05, 0) is 42.0 Å². The number of hydrogen-bond donors (Lipinski definition) is 0. The Morgan fingerprint density at radius 3 is 2.38 bits per heavy atom. The van der Waals surface area contributed by atoms with Gasteiger partial charge in [0.1, 0.15) is 18.2 Å². The third-order valence-corrected chi connectivity index (χ3v) is 4.20. The van der Waals surface area contributed by atoms with Crippen molar-refractivity contribution in [1.29, 1.82) is 0 Å². The topological polar surface area (TPSA) is 46.6 Å². The van der Waals surface area contributed by atoms with Crippen LogP contribution >= 0.6 is 0 Å². The molecular formula is C15H16FNO3S. The highest BCUT2D eigenvalue weighted by Gasteiger charge is 2.11. The molecule has 0 aliphatic rings. The number of hydrogen-bond acceptors (Lipinski definition) is 3. The maximum Gasteiger partial charge on any atom is 0.231 e. The number of benzene rings is 2. The average Bonchev–Trinajstić information content (AvgIpc) is 2.44.